The summed E-state index contributed by atoms with van der Waals surface area (Å²) in [5.74, 6) is -2.00. The highest BCUT2D eigenvalue weighted by atomic mass is 19.1. The number of carbonyl (C=O) groups excluding carboxylic acids is 2. The van der Waals surface area contributed by atoms with Crippen molar-refractivity contribution in [2.45, 2.75) is 44.4 Å². The maximum atomic E-state index is 13.8. The van der Waals surface area contributed by atoms with E-state index < -0.39 is 29.3 Å². The van der Waals surface area contributed by atoms with E-state index in [-0.39, 0.29) is 18.1 Å². The third kappa shape index (κ3) is 3.95. The molecule has 3 unspecified atom stereocenters. The first-order valence-electron chi connectivity index (χ1n) is 10.7. The summed E-state index contributed by atoms with van der Waals surface area (Å²) in [7, 11) is 2.01. The first kappa shape index (κ1) is 21.2. The smallest absolute Gasteiger partial charge is 0.257 e. The summed E-state index contributed by atoms with van der Waals surface area (Å²) < 4.78 is 33.8. The van der Waals surface area contributed by atoms with Crippen LogP contribution in [0.25, 0.3) is 0 Å². The van der Waals surface area contributed by atoms with Crippen LogP contribution < -0.4 is 0 Å². The molecule has 3 aliphatic rings. The zero-order valence-electron chi connectivity index (χ0n) is 17.6. The lowest BCUT2D eigenvalue weighted by Gasteiger charge is -2.44. The van der Waals surface area contributed by atoms with Gasteiger partial charge in [-0.25, -0.2) is 8.78 Å². The van der Waals surface area contributed by atoms with Crippen LogP contribution in [0.2, 0.25) is 0 Å². The van der Waals surface area contributed by atoms with Crippen LogP contribution in [0.15, 0.2) is 18.2 Å². The summed E-state index contributed by atoms with van der Waals surface area (Å²) in [5.41, 5.74) is -0.989. The highest BCUT2D eigenvalue weighted by Gasteiger charge is 2.54. The van der Waals surface area contributed by atoms with Gasteiger partial charge in [0.25, 0.3) is 5.91 Å². The van der Waals surface area contributed by atoms with Crippen molar-refractivity contribution in [2.75, 3.05) is 39.8 Å². The van der Waals surface area contributed by atoms with Crippen molar-refractivity contribution in [1.29, 1.82) is 0 Å². The molecule has 6 nitrogen and oxygen atoms in total. The number of piperazine rings is 1. The Balaban J connectivity index is 1.67. The standard InChI is InChI=1S/C22H29F2N3O3/c1-15-4-3-5-22(13-15)27(20(28)16-10-17(23)12-18(24)11-16)19(14-30-22)21(29)26-8-6-25(2)7-9-26/h10-12,15,19H,3-9,13-14H2,1-2H3. The number of ether oxygens (including phenoxy) is 1. The molecule has 2 amide bonds. The second kappa shape index (κ2) is 8.23. The van der Waals surface area contributed by atoms with E-state index in [9.17, 15) is 18.4 Å². The second-order valence-electron chi connectivity index (χ2n) is 8.94. The average Bonchev–Trinajstić information content (AvgIpc) is 3.04. The number of hydrogen-bond donors (Lipinski definition) is 0. The van der Waals surface area contributed by atoms with E-state index in [2.05, 4.69) is 11.8 Å². The first-order valence-corrected chi connectivity index (χ1v) is 10.7. The third-order valence-electron chi connectivity index (χ3n) is 6.62. The van der Waals surface area contributed by atoms with Crippen molar-refractivity contribution in [3.05, 3.63) is 35.4 Å². The quantitative estimate of drug-likeness (QED) is 0.736. The van der Waals surface area contributed by atoms with E-state index in [0.717, 1.165) is 44.1 Å². The molecule has 4 rings (SSSR count). The van der Waals surface area contributed by atoms with Gasteiger partial charge in [-0.1, -0.05) is 13.3 Å². The van der Waals surface area contributed by atoms with Crippen LogP contribution in [0.4, 0.5) is 8.78 Å². The van der Waals surface area contributed by atoms with E-state index >= 15 is 0 Å². The summed E-state index contributed by atoms with van der Waals surface area (Å²) >= 11 is 0. The molecule has 1 saturated carbocycles. The first-order chi connectivity index (χ1) is 14.3. The van der Waals surface area contributed by atoms with Gasteiger partial charge < -0.3 is 14.5 Å². The van der Waals surface area contributed by atoms with Gasteiger partial charge in [0, 0.05) is 37.8 Å². The number of amides is 2. The fourth-order valence-electron chi connectivity index (χ4n) is 5.05. The summed E-state index contributed by atoms with van der Waals surface area (Å²) in [4.78, 5) is 32.3. The molecule has 1 aliphatic carbocycles. The highest BCUT2D eigenvalue weighted by Crippen LogP contribution is 2.43. The van der Waals surface area contributed by atoms with E-state index in [1.165, 1.54) is 4.90 Å². The molecular formula is C22H29F2N3O3. The van der Waals surface area contributed by atoms with Crippen LogP contribution in [0.1, 0.15) is 43.0 Å². The van der Waals surface area contributed by atoms with Gasteiger partial charge >= 0.3 is 0 Å². The van der Waals surface area contributed by atoms with Crippen LogP contribution in [0, 0.1) is 17.6 Å². The van der Waals surface area contributed by atoms with Gasteiger partial charge in [-0.2, -0.15) is 0 Å². The van der Waals surface area contributed by atoms with Crippen molar-refractivity contribution in [3.8, 4) is 0 Å². The maximum Gasteiger partial charge on any atom is 0.257 e. The molecule has 1 aromatic rings. The molecule has 1 aromatic carbocycles. The van der Waals surface area contributed by atoms with Crippen LogP contribution in [0.5, 0.6) is 0 Å². The van der Waals surface area contributed by atoms with E-state index in [1.807, 2.05) is 7.05 Å². The number of likely N-dealkylation sites (N-methyl/N-ethyl adjacent to an activating group) is 1. The van der Waals surface area contributed by atoms with Crippen molar-refractivity contribution in [3.63, 3.8) is 0 Å². The SMILES string of the molecule is CC1CCCC2(C1)OCC(C(=O)N1CCN(C)CC1)N2C(=O)c1cc(F)cc(F)c1. The van der Waals surface area contributed by atoms with Crippen molar-refractivity contribution in [2.24, 2.45) is 5.92 Å². The largest absolute Gasteiger partial charge is 0.353 e. The Bertz CT molecular complexity index is 808. The molecule has 3 atom stereocenters. The van der Waals surface area contributed by atoms with Gasteiger partial charge in [0.2, 0.25) is 5.91 Å². The Morgan fingerprint density at radius 2 is 1.77 bits per heavy atom. The van der Waals surface area contributed by atoms with E-state index in [1.54, 1.807) is 4.90 Å². The Hall–Kier alpha value is -2.06. The Kier molecular flexibility index (Phi) is 5.81. The minimum Gasteiger partial charge on any atom is -0.353 e. The van der Waals surface area contributed by atoms with Gasteiger partial charge in [0.05, 0.1) is 6.61 Å². The molecule has 30 heavy (non-hydrogen) atoms. The number of halogens is 2. The average molecular weight is 421 g/mol. The van der Waals surface area contributed by atoms with Gasteiger partial charge in [0.15, 0.2) is 0 Å². The summed E-state index contributed by atoms with van der Waals surface area (Å²) in [6.07, 6.45) is 3.13. The van der Waals surface area contributed by atoms with Crippen LogP contribution in [-0.2, 0) is 9.53 Å². The predicted molar refractivity (Wildman–Crippen MR) is 107 cm³/mol. The van der Waals surface area contributed by atoms with Crippen molar-refractivity contribution in [1.82, 2.24) is 14.7 Å². The van der Waals surface area contributed by atoms with Crippen molar-refractivity contribution >= 4 is 11.8 Å². The number of nitrogens with zero attached hydrogens (tertiary/aromatic N) is 3. The molecule has 0 N–H and O–H groups in total. The second-order valence-corrected chi connectivity index (χ2v) is 8.94. The predicted octanol–water partition coefficient (Wildman–Crippen LogP) is 2.49. The summed E-state index contributed by atoms with van der Waals surface area (Å²) in [6, 6.07) is 2.02. The van der Waals surface area contributed by atoms with Crippen LogP contribution in [0.3, 0.4) is 0 Å². The number of hydrogen-bond acceptors (Lipinski definition) is 4. The molecule has 2 aliphatic heterocycles. The molecule has 1 spiro atoms. The minimum absolute atomic E-state index is 0.0909. The Labute approximate surface area is 175 Å². The minimum atomic E-state index is -0.898. The number of carbonyl (C=O) groups is 2. The molecule has 0 bridgehead atoms. The third-order valence-corrected chi connectivity index (χ3v) is 6.62. The highest BCUT2D eigenvalue weighted by molar-refractivity contribution is 5.98. The van der Waals surface area contributed by atoms with Crippen molar-refractivity contribution < 1.29 is 23.1 Å². The molecule has 8 heteroatoms. The molecule has 0 aromatic heterocycles. The lowest BCUT2D eigenvalue weighted by Crippen LogP contribution is -2.59. The lowest BCUT2D eigenvalue weighted by atomic mass is 9.83. The van der Waals surface area contributed by atoms with Gasteiger partial charge in [-0.3, -0.25) is 14.5 Å². The molecular weight excluding hydrogens is 392 g/mol. The molecule has 2 heterocycles. The number of benzene rings is 1. The monoisotopic (exact) mass is 421 g/mol. The topological polar surface area (TPSA) is 53.1 Å². The fraction of sp³-hybridized carbons (Fsp3) is 0.636. The maximum absolute atomic E-state index is 13.8. The normalized spacial score (nSPS) is 30.1. The molecule has 2 saturated heterocycles. The van der Waals surface area contributed by atoms with Gasteiger partial charge in [-0.15, -0.1) is 0 Å². The Morgan fingerprint density at radius 1 is 1.10 bits per heavy atom. The molecule has 0 radical (unpaired) electrons. The van der Waals surface area contributed by atoms with E-state index in [4.69, 9.17) is 4.74 Å². The Morgan fingerprint density at radius 3 is 2.40 bits per heavy atom. The number of rotatable bonds is 2. The zero-order chi connectivity index (χ0) is 21.5. The van der Waals surface area contributed by atoms with Crippen LogP contribution >= 0.6 is 0 Å². The summed E-state index contributed by atoms with van der Waals surface area (Å²) in [6.45, 7) is 4.93. The van der Waals surface area contributed by atoms with Gasteiger partial charge in [0.1, 0.15) is 23.4 Å². The van der Waals surface area contributed by atoms with E-state index in [0.29, 0.717) is 31.8 Å². The molecule has 3 fully saturated rings. The zero-order valence-corrected chi connectivity index (χ0v) is 17.6. The van der Waals surface area contributed by atoms with Gasteiger partial charge in [-0.05, 0) is 44.4 Å². The lowest BCUT2D eigenvalue weighted by molar-refractivity contribution is -0.139. The van der Waals surface area contributed by atoms with Crippen LogP contribution in [-0.4, -0.2) is 78.1 Å². The fourth-order valence-corrected chi connectivity index (χ4v) is 5.05. The molecule has 164 valence electrons. The summed E-state index contributed by atoms with van der Waals surface area (Å²) in [5, 5.41) is 0.